The number of β-amino-alcohol motifs (C(OH)–C–C–N with tert-alkyl or cyclic N) is 1. The molecule has 2 atom stereocenters. The third-order valence-electron chi connectivity index (χ3n) is 3.83. The van der Waals surface area contributed by atoms with Gasteiger partial charge in [0.1, 0.15) is 18.1 Å². The number of hydrogen-bond acceptors (Lipinski definition) is 5. The molecule has 2 heterocycles. The van der Waals surface area contributed by atoms with E-state index >= 15 is 0 Å². The number of piperazine rings is 1. The molecule has 21 heavy (non-hydrogen) atoms. The van der Waals surface area contributed by atoms with E-state index in [1.807, 2.05) is 0 Å². The number of aliphatic hydroxyl groups excluding tert-OH is 1. The molecule has 0 aromatic rings. The van der Waals surface area contributed by atoms with Crippen LogP contribution in [-0.4, -0.2) is 74.6 Å². The second-order valence-electron chi connectivity index (χ2n) is 5.70. The first-order chi connectivity index (χ1) is 9.64. The number of aliphatic carboxylic acids is 1. The zero-order valence-electron chi connectivity index (χ0n) is 11.7. The molecule has 0 aromatic heterocycles. The molecule has 2 rings (SSSR count). The van der Waals surface area contributed by atoms with Crippen molar-refractivity contribution in [3.05, 3.63) is 0 Å². The molecule has 9 heteroatoms. The third kappa shape index (κ3) is 2.56. The summed E-state index contributed by atoms with van der Waals surface area (Å²) in [6, 6.07) is -1.91. The normalized spacial score (nSPS) is 28.5. The number of nitrogens with zero attached hydrogens (tertiary/aromatic N) is 2. The number of hydrogen-bond donors (Lipinski definition) is 3. The van der Waals surface area contributed by atoms with Crippen molar-refractivity contribution in [2.45, 2.75) is 38.0 Å². The molecule has 116 valence electrons. The third-order valence-corrected chi connectivity index (χ3v) is 3.83. The molecule has 2 aliphatic rings. The smallest absolute Gasteiger partial charge is 0.326 e. The lowest BCUT2D eigenvalue weighted by Crippen LogP contribution is -2.67. The fourth-order valence-corrected chi connectivity index (χ4v) is 2.50. The standard InChI is InChI=1S/C12H17N3O6/c1-12(2)10(20)13-8(17)5-15(12)11(21)14-4-6(16)3-7(14)9(18)19/h6-7,16H,3-5H2,1-2H3,(H,18,19)(H,13,17,20). The van der Waals surface area contributed by atoms with Crippen molar-refractivity contribution in [1.29, 1.82) is 0 Å². The van der Waals surface area contributed by atoms with Gasteiger partial charge in [0.05, 0.1) is 6.10 Å². The maximum Gasteiger partial charge on any atom is 0.326 e. The number of urea groups is 1. The van der Waals surface area contributed by atoms with Crippen molar-refractivity contribution in [3.63, 3.8) is 0 Å². The van der Waals surface area contributed by atoms with Crippen LogP contribution in [0.1, 0.15) is 20.3 Å². The highest BCUT2D eigenvalue weighted by atomic mass is 16.4. The highest BCUT2D eigenvalue weighted by molar-refractivity contribution is 6.06. The van der Waals surface area contributed by atoms with Gasteiger partial charge in [0.2, 0.25) is 5.91 Å². The Labute approximate surface area is 120 Å². The number of carboxylic acids is 1. The van der Waals surface area contributed by atoms with Gasteiger partial charge in [0.25, 0.3) is 5.91 Å². The van der Waals surface area contributed by atoms with Gasteiger partial charge in [-0.3, -0.25) is 14.9 Å². The van der Waals surface area contributed by atoms with Crippen molar-refractivity contribution >= 4 is 23.8 Å². The van der Waals surface area contributed by atoms with Gasteiger partial charge in [0, 0.05) is 13.0 Å². The molecular weight excluding hydrogens is 282 g/mol. The Morgan fingerprint density at radius 1 is 1.33 bits per heavy atom. The average Bonchev–Trinajstić information content (AvgIpc) is 2.75. The number of nitrogens with one attached hydrogen (secondary N) is 1. The second-order valence-corrected chi connectivity index (χ2v) is 5.70. The van der Waals surface area contributed by atoms with Crippen LogP contribution in [0.5, 0.6) is 0 Å². The molecule has 3 N–H and O–H groups in total. The molecule has 0 aliphatic carbocycles. The molecule has 2 aliphatic heterocycles. The number of aliphatic hydroxyl groups is 1. The maximum absolute atomic E-state index is 12.5. The van der Waals surface area contributed by atoms with Crippen molar-refractivity contribution in [3.8, 4) is 0 Å². The predicted molar refractivity (Wildman–Crippen MR) is 68.1 cm³/mol. The molecule has 2 saturated heterocycles. The molecule has 0 spiro atoms. The summed E-state index contributed by atoms with van der Waals surface area (Å²) in [4.78, 5) is 49.0. The van der Waals surface area contributed by atoms with E-state index in [0.717, 1.165) is 9.80 Å². The number of likely N-dealkylation sites (tertiary alicyclic amines) is 1. The number of carbonyl (C=O) groups is 4. The summed E-state index contributed by atoms with van der Waals surface area (Å²) in [5.41, 5.74) is -1.28. The van der Waals surface area contributed by atoms with Crippen LogP contribution in [0.2, 0.25) is 0 Å². The van der Waals surface area contributed by atoms with Gasteiger partial charge in [-0.25, -0.2) is 9.59 Å². The first-order valence-corrected chi connectivity index (χ1v) is 6.48. The number of carbonyl (C=O) groups excluding carboxylic acids is 3. The summed E-state index contributed by atoms with van der Waals surface area (Å²) in [5.74, 6) is -2.48. The Balaban J connectivity index is 2.27. The van der Waals surface area contributed by atoms with Gasteiger partial charge in [-0.15, -0.1) is 0 Å². The molecule has 0 bridgehead atoms. The first kappa shape index (κ1) is 15.2. The van der Waals surface area contributed by atoms with Crippen LogP contribution >= 0.6 is 0 Å². The summed E-state index contributed by atoms with van der Waals surface area (Å²) >= 11 is 0. The Kier molecular flexibility index (Phi) is 3.62. The molecular formula is C12H17N3O6. The monoisotopic (exact) mass is 299 g/mol. The van der Waals surface area contributed by atoms with E-state index in [9.17, 15) is 24.3 Å². The van der Waals surface area contributed by atoms with Crippen LogP contribution < -0.4 is 5.32 Å². The van der Waals surface area contributed by atoms with Crippen molar-refractivity contribution in [2.24, 2.45) is 0 Å². The molecule has 0 aromatic carbocycles. The van der Waals surface area contributed by atoms with Crippen LogP contribution in [0.15, 0.2) is 0 Å². The van der Waals surface area contributed by atoms with E-state index in [-0.39, 0.29) is 19.5 Å². The topological polar surface area (TPSA) is 127 Å². The SMILES string of the molecule is CC1(C)C(=O)NC(=O)CN1C(=O)N1CC(O)CC1C(=O)O. The Bertz CT molecular complexity index is 517. The average molecular weight is 299 g/mol. The number of carboxylic acid groups (broad SMARTS) is 1. The van der Waals surface area contributed by atoms with E-state index in [2.05, 4.69) is 5.32 Å². The van der Waals surface area contributed by atoms with E-state index in [0.29, 0.717) is 0 Å². The quantitative estimate of drug-likeness (QED) is 0.498. The highest BCUT2D eigenvalue weighted by Crippen LogP contribution is 2.25. The summed E-state index contributed by atoms with van der Waals surface area (Å²) < 4.78 is 0. The van der Waals surface area contributed by atoms with Crippen molar-refractivity contribution in [1.82, 2.24) is 15.1 Å². The van der Waals surface area contributed by atoms with Crippen LogP contribution in [0.3, 0.4) is 0 Å². The predicted octanol–water partition coefficient (Wildman–Crippen LogP) is -1.64. The van der Waals surface area contributed by atoms with Gasteiger partial charge in [-0.2, -0.15) is 0 Å². The number of rotatable bonds is 1. The molecule has 2 fully saturated rings. The number of imide groups is 1. The Morgan fingerprint density at radius 2 is 1.95 bits per heavy atom. The van der Waals surface area contributed by atoms with Crippen molar-refractivity contribution in [2.75, 3.05) is 13.1 Å². The Hall–Kier alpha value is -2.16. The lowest BCUT2D eigenvalue weighted by atomic mass is 9.99. The lowest BCUT2D eigenvalue weighted by Gasteiger charge is -2.42. The molecule has 2 unspecified atom stereocenters. The minimum absolute atomic E-state index is 0.0739. The molecule has 4 amide bonds. The van der Waals surface area contributed by atoms with E-state index in [1.165, 1.54) is 13.8 Å². The zero-order valence-corrected chi connectivity index (χ0v) is 11.7. The summed E-state index contributed by atoms with van der Waals surface area (Å²) in [6.45, 7) is 2.46. The van der Waals surface area contributed by atoms with E-state index in [4.69, 9.17) is 5.11 Å². The molecule has 0 saturated carbocycles. The minimum Gasteiger partial charge on any atom is -0.480 e. The van der Waals surface area contributed by atoms with Crippen LogP contribution in [0, 0.1) is 0 Å². The van der Waals surface area contributed by atoms with Gasteiger partial charge in [0.15, 0.2) is 0 Å². The first-order valence-electron chi connectivity index (χ1n) is 6.48. The summed E-state index contributed by atoms with van der Waals surface area (Å²) in [7, 11) is 0. The largest absolute Gasteiger partial charge is 0.480 e. The van der Waals surface area contributed by atoms with Crippen molar-refractivity contribution < 1.29 is 29.4 Å². The highest BCUT2D eigenvalue weighted by Gasteiger charge is 2.48. The van der Waals surface area contributed by atoms with Gasteiger partial charge in [-0.05, 0) is 13.8 Å². The fraction of sp³-hybridized carbons (Fsp3) is 0.667. The molecule has 9 nitrogen and oxygen atoms in total. The van der Waals surface area contributed by atoms with Crippen LogP contribution in [0.25, 0.3) is 0 Å². The van der Waals surface area contributed by atoms with E-state index in [1.54, 1.807) is 0 Å². The summed E-state index contributed by atoms with van der Waals surface area (Å²) in [6.07, 6.45) is -1.01. The van der Waals surface area contributed by atoms with Gasteiger partial charge < -0.3 is 20.0 Å². The number of amides is 4. The van der Waals surface area contributed by atoms with E-state index < -0.39 is 41.5 Å². The molecule has 0 radical (unpaired) electrons. The second kappa shape index (κ2) is 4.99. The van der Waals surface area contributed by atoms with Gasteiger partial charge in [-0.1, -0.05) is 0 Å². The Morgan fingerprint density at radius 3 is 2.52 bits per heavy atom. The summed E-state index contributed by atoms with van der Waals surface area (Å²) in [5, 5.41) is 20.8. The van der Waals surface area contributed by atoms with Crippen LogP contribution in [0.4, 0.5) is 4.79 Å². The maximum atomic E-state index is 12.5. The minimum atomic E-state index is -1.28. The van der Waals surface area contributed by atoms with Crippen LogP contribution in [-0.2, 0) is 14.4 Å². The zero-order chi connectivity index (χ0) is 15.9. The lowest BCUT2D eigenvalue weighted by molar-refractivity contribution is -0.143. The fourth-order valence-electron chi connectivity index (χ4n) is 2.50. The van der Waals surface area contributed by atoms with Gasteiger partial charge >= 0.3 is 12.0 Å².